The highest BCUT2D eigenvalue weighted by molar-refractivity contribution is 4.75. The molecular formula is C12H26N2O. The number of likely N-dealkylation sites (tertiary alicyclic amines) is 1. The number of hydrogen-bond donors (Lipinski definition) is 2. The van der Waals surface area contributed by atoms with E-state index in [4.69, 9.17) is 5.73 Å². The molecule has 0 radical (unpaired) electrons. The first kappa shape index (κ1) is 12.9. The van der Waals surface area contributed by atoms with Crippen molar-refractivity contribution < 1.29 is 5.11 Å². The largest absolute Gasteiger partial charge is 0.390 e. The Balaban J connectivity index is 2.15. The van der Waals surface area contributed by atoms with Gasteiger partial charge in [0.2, 0.25) is 0 Å². The molecule has 0 bridgehead atoms. The minimum absolute atomic E-state index is 0.520. The average molecular weight is 214 g/mol. The van der Waals surface area contributed by atoms with Crippen LogP contribution in [0.1, 0.15) is 39.5 Å². The molecule has 0 atom stereocenters. The SMILES string of the molecule is CC(C)(O)CCN1CCC(CCN)CC1. The summed E-state index contributed by atoms with van der Waals surface area (Å²) < 4.78 is 0. The molecule has 3 N–H and O–H groups in total. The molecule has 3 nitrogen and oxygen atoms in total. The van der Waals surface area contributed by atoms with Gasteiger partial charge in [0.05, 0.1) is 5.60 Å². The summed E-state index contributed by atoms with van der Waals surface area (Å²) in [5, 5.41) is 9.64. The molecule has 0 amide bonds. The van der Waals surface area contributed by atoms with Crippen LogP contribution in [0.25, 0.3) is 0 Å². The van der Waals surface area contributed by atoms with Crippen molar-refractivity contribution in [3.8, 4) is 0 Å². The van der Waals surface area contributed by atoms with Gasteiger partial charge in [-0.15, -0.1) is 0 Å². The fourth-order valence-electron chi connectivity index (χ4n) is 2.17. The lowest BCUT2D eigenvalue weighted by atomic mass is 9.93. The summed E-state index contributed by atoms with van der Waals surface area (Å²) >= 11 is 0. The zero-order valence-corrected chi connectivity index (χ0v) is 10.2. The van der Waals surface area contributed by atoms with Crippen molar-refractivity contribution in [2.24, 2.45) is 11.7 Å². The summed E-state index contributed by atoms with van der Waals surface area (Å²) in [7, 11) is 0. The second-order valence-electron chi connectivity index (χ2n) is 5.42. The molecule has 0 unspecified atom stereocenters. The second kappa shape index (κ2) is 5.83. The van der Waals surface area contributed by atoms with Gasteiger partial charge < -0.3 is 15.7 Å². The molecule has 1 saturated heterocycles. The van der Waals surface area contributed by atoms with Gasteiger partial charge in [0, 0.05) is 6.54 Å². The summed E-state index contributed by atoms with van der Waals surface area (Å²) in [5.74, 6) is 0.841. The summed E-state index contributed by atoms with van der Waals surface area (Å²) in [6.45, 7) is 7.98. The van der Waals surface area contributed by atoms with Crippen molar-refractivity contribution in [2.75, 3.05) is 26.2 Å². The van der Waals surface area contributed by atoms with E-state index in [1.165, 1.54) is 32.4 Å². The van der Waals surface area contributed by atoms with Crippen LogP contribution >= 0.6 is 0 Å². The first-order valence-electron chi connectivity index (χ1n) is 6.16. The Hall–Kier alpha value is -0.120. The summed E-state index contributed by atoms with van der Waals surface area (Å²) in [6.07, 6.45) is 4.61. The zero-order chi connectivity index (χ0) is 11.3. The first-order chi connectivity index (χ1) is 7.01. The summed E-state index contributed by atoms with van der Waals surface area (Å²) in [4.78, 5) is 2.46. The predicted molar refractivity (Wildman–Crippen MR) is 63.8 cm³/mol. The Morgan fingerprint density at radius 3 is 2.40 bits per heavy atom. The Morgan fingerprint density at radius 2 is 1.93 bits per heavy atom. The highest BCUT2D eigenvalue weighted by Crippen LogP contribution is 2.20. The van der Waals surface area contributed by atoms with Crippen LogP contribution in [0.15, 0.2) is 0 Å². The molecule has 0 aromatic heterocycles. The minimum Gasteiger partial charge on any atom is -0.390 e. The lowest BCUT2D eigenvalue weighted by Gasteiger charge is -2.33. The maximum Gasteiger partial charge on any atom is 0.0603 e. The second-order valence-corrected chi connectivity index (χ2v) is 5.42. The Kier molecular flexibility index (Phi) is 5.03. The van der Waals surface area contributed by atoms with E-state index in [0.717, 1.165) is 25.4 Å². The van der Waals surface area contributed by atoms with Crippen molar-refractivity contribution in [1.29, 1.82) is 0 Å². The third-order valence-electron chi connectivity index (χ3n) is 3.32. The van der Waals surface area contributed by atoms with Crippen molar-refractivity contribution in [3.05, 3.63) is 0 Å². The molecule has 90 valence electrons. The fraction of sp³-hybridized carbons (Fsp3) is 1.00. The number of rotatable bonds is 5. The monoisotopic (exact) mass is 214 g/mol. The van der Waals surface area contributed by atoms with Gasteiger partial charge in [0.15, 0.2) is 0 Å². The van der Waals surface area contributed by atoms with Crippen LogP contribution in [0, 0.1) is 5.92 Å². The molecule has 0 aromatic carbocycles. The predicted octanol–water partition coefficient (Wildman–Crippen LogP) is 1.21. The van der Waals surface area contributed by atoms with Crippen LogP contribution in [0.2, 0.25) is 0 Å². The lowest BCUT2D eigenvalue weighted by molar-refractivity contribution is 0.0519. The quantitative estimate of drug-likeness (QED) is 0.723. The molecule has 0 aromatic rings. The molecule has 1 aliphatic heterocycles. The van der Waals surface area contributed by atoms with E-state index in [0.29, 0.717) is 0 Å². The minimum atomic E-state index is -0.520. The van der Waals surface area contributed by atoms with E-state index in [2.05, 4.69) is 4.90 Å². The van der Waals surface area contributed by atoms with Gasteiger partial charge in [-0.1, -0.05) is 0 Å². The van der Waals surface area contributed by atoms with Gasteiger partial charge in [-0.3, -0.25) is 0 Å². The molecule has 0 aliphatic carbocycles. The van der Waals surface area contributed by atoms with Gasteiger partial charge in [-0.2, -0.15) is 0 Å². The highest BCUT2D eigenvalue weighted by atomic mass is 16.3. The molecule has 1 rings (SSSR count). The maximum absolute atomic E-state index is 9.64. The van der Waals surface area contributed by atoms with Crippen LogP contribution < -0.4 is 5.73 Å². The zero-order valence-electron chi connectivity index (χ0n) is 10.2. The fourth-order valence-corrected chi connectivity index (χ4v) is 2.17. The molecule has 0 saturated carbocycles. The van der Waals surface area contributed by atoms with Gasteiger partial charge in [-0.25, -0.2) is 0 Å². The van der Waals surface area contributed by atoms with Crippen LogP contribution in [-0.4, -0.2) is 41.8 Å². The summed E-state index contributed by atoms with van der Waals surface area (Å²) in [6, 6.07) is 0. The van der Waals surface area contributed by atoms with E-state index in [-0.39, 0.29) is 0 Å². The van der Waals surface area contributed by atoms with Crippen LogP contribution in [0.3, 0.4) is 0 Å². The van der Waals surface area contributed by atoms with Crippen molar-refractivity contribution in [2.45, 2.75) is 45.1 Å². The average Bonchev–Trinajstić information content (AvgIpc) is 2.16. The van der Waals surface area contributed by atoms with Crippen LogP contribution in [0.5, 0.6) is 0 Å². The Labute approximate surface area is 93.6 Å². The van der Waals surface area contributed by atoms with Gasteiger partial charge in [0.1, 0.15) is 0 Å². The third kappa shape index (κ3) is 5.50. The standard InChI is InChI=1S/C12H26N2O/c1-12(2,15)6-10-14-8-4-11(3-7-13)5-9-14/h11,15H,3-10,13H2,1-2H3. The first-order valence-corrected chi connectivity index (χ1v) is 6.16. The third-order valence-corrected chi connectivity index (χ3v) is 3.32. The molecule has 0 spiro atoms. The van der Waals surface area contributed by atoms with E-state index < -0.39 is 5.60 Å². The molecule has 1 aliphatic rings. The van der Waals surface area contributed by atoms with Gasteiger partial charge >= 0.3 is 0 Å². The molecule has 1 fully saturated rings. The molecule has 15 heavy (non-hydrogen) atoms. The van der Waals surface area contributed by atoms with E-state index >= 15 is 0 Å². The van der Waals surface area contributed by atoms with Crippen LogP contribution in [-0.2, 0) is 0 Å². The Morgan fingerprint density at radius 1 is 1.33 bits per heavy atom. The number of piperidine rings is 1. The highest BCUT2D eigenvalue weighted by Gasteiger charge is 2.20. The smallest absolute Gasteiger partial charge is 0.0603 e. The number of nitrogens with two attached hydrogens (primary N) is 1. The normalized spacial score (nSPS) is 20.8. The van der Waals surface area contributed by atoms with Gasteiger partial charge in [0.25, 0.3) is 0 Å². The number of nitrogens with zero attached hydrogens (tertiary/aromatic N) is 1. The van der Waals surface area contributed by atoms with Crippen LogP contribution in [0.4, 0.5) is 0 Å². The lowest BCUT2D eigenvalue weighted by Crippen LogP contribution is -2.37. The molecular weight excluding hydrogens is 188 g/mol. The maximum atomic E-state index is 9.64. The number of aliphatic hydroxyl groups is 1. The Bertz CT molecular complexity index is 169. The van der Waals surface area contributed by atoms with E-state index in [1.54, 1.807) is 0 Å². The number of hydrogen-bond acceptors (Lipinski definition) is 3. The molecule has 3 heteroatoms. The van der Waals surface area contributed by atoms with E-state index in [9.17, 15) is 5.11 Å². The van der Waals surface area contributed by atoms with Crippen molar-refractivity contribution in [3.63, 3.8) is 0 Å². The van der Waals surface area contributed by atoms with E-state index in [1.807, 2.05) is 13.8 Å². The van der Waals surface area contributed by atoms with Crippen molar-refractivity contribution >= 4 is 0 Å². The van der Waals surface area contributed by atoms with Crippen molar-refractivity contribution in [1.82, 2.24) is 4.90 Å². The summed E-state index contributed by atoms with van der Waals surface area (Å²) in [5.41, 5.74) is 5.04. The molecule has 1 heterocycles. The van der Waals surface area contributed by atoms with Gasteiger partial charge in [-0.05, 0) is 65.1 Å². The topological polar surface area (TPSA) is 49.5 Å².